The van der Waals surface area contributed by atoms with Crippen molar-refractivity contribution in [2.24, 2.45) is 5.92 Å². The van der Waals surface area contributed by atoms with Gasteiger partial charge in [-0.2, -0.15) is 0 Å². The second-order valence-corrected chi connectivity index (χ2v) is 5.67. The molecule has 2 nitrogen and oxygen atoms in total. The molecule has 96 valence electrons. The summed E-state index contributed by atoms with van der Waals surface area (Å²) < 4.78 is 0. The maximum Gasteiger partial charge on any atom is 0.0815 e. The molecule has 0 bridgehead atoms. The maximum atomic E-state index is 10.3. The zero-order valence-corrected chi connectivity index (χ0v) is 11.7. The molecule has 1 N–H and O–H groups in total. The molecule has 0 aliphatic carbocycles. The molecule has 0 aliphatic heterocycles. The summed E-state index contributed by atoms with van der Waals surface area (Å²) in [5.74, 6) is 0.258. The predicted molar refractivity (Wildman–Crippen MR) is 75.7 cm³/mol. The van der Waals surface area contributed by atoms with Gasteiger partial charge >= 0.3 is 0 Å². The number of hydrogen-bond acceptors (Lipinski definition) is 3. The van der Waals surface area contributed by atoms with E-state index in [-0.39, 0.29) is 12.0 Å². The number of aliphatic hydroxyl groups is 1. The Hall–Kier alpha value is -1.19. The van der Waals surface area contributed by atoms with Gasteiger partial charge in [0.15, 0.2) is 0 Å². The van der Waals surface area contributed by atoms with Gasteiger partial charge in [-0.3, -0.25) is 0 Å². The third kappa shape index (κ3) is 3.18. The highest BCUT2D eigenvalue weighted by Gasteiger charge is 2.16. The molecule has 0 aliphatic rings. The summed E-state index contributed by atoms with van der Waals surface area (Å²) in [5.41, 5.74) is 4.02. The summed E-state index contributed by atoms with van der Waals surface area (Å²) >= 11 is 1.71. The zero-order valence-electron chi connectivity index (χ0n) is 10.8. The fourth-order valence-electron chi connectivity index (χ4n) is 2.06. The number of nitrogens with zero attached hydrogens (tertiary/aromatic N) is 1. The van der Waals surface area contributed by atoms with Gasteiger partial charge in [0, 0.05) is 4.88 Å². The van der Waals surface area contributed by atoms with Crippen molar-refractivity contribution in [3.63, 3.8) is 0 Å². The predicted octanol–water partition coefficient (Wildman–Crippen LogP) is 3.75. The van der Waals surface area contributed by atoms with Crippen LogP contribution in [0.1, 0.15) is 35.6 Å². The average Bonchev–Trinajstić information content (AvgIpc) is 2.81. The van der Waals surface area contributed by atoms with E-state index in [1.54, 1.807) is 11.3 Å². The molecule has 3 heteroatoms. The van der Waals surface area contributed by atoms with E-state index in [0.717, 1.165) is 24.1 Å². The molecular formula is C15H19NOS. The number of aliphatic hydroxyl groups excluding tert-OH is 1. The van der Waals surface area contributed by atoms with Gasteiger partial charge in [0.1, 0.15) is 0 Å². The van der Waals surface area contributed by atoms with Crippen LogP contribution in [0.3, 0.4) is 0 Å². The third-order valence-corrected chi connectivity index (χ3v) is 4.35. The van der Waals surface area contributed by atoms with Crippen molar-refractivity contribution in [3.8, 4) is 0 Å². The molecular weight excluding hydrogens is 242 g/mol. The average molecular weight is 261 g/mol. The summed E-state index contributed by atoms with van der Waals surface area (Å²) in [5, 5.41) is 10.3. The van der Waals surface area contributed by atoms with Crippen LogP contribution in [-0.2, 0) is 6.42 Å². The van der Waals surface area contributed by atoms with Crippen molar-refractivity contribution in [2.75, 3.05) is 0 Å². The van der Waals surface area contributed by atoms with Gasteiger partial charge < -0.3 is 5.11 Å². The fraction of sp³-hybridized carbons (Fsp3) is 0.400. The number of aryl methyl sites for hydroxylation is 2. The summed E-state index contributed by atoms with van der Waals surface area (Å²) in [6, 6.07) is 9.89. The number of aromatic nitrogens is 1. The minimum Gasteiger partial charge on any atom is -0.388 e. The Labute approximate surface area is 112 Å². The molecule has 0 fully saturated rings. The van der Waals surface area contributed by atoms with Crippen LogP contribution in [0.25, 0.3) is 0 Å². The van der Waals surface area contributed by atoms with Crippen molar-refractivity contribution in [3.05, 3.63) is 52.0 Å². The highest BCUT2D eigenvalue weighted by Crippen LogP contribution is 2.26. The van der Waals surface area contributed by atoms with Crippen molar-refractivity contribution < 1.29 is 5.11 Å². The first kappa shape index (κ1) is 13.2. The Morgan fingerprint density at radius 3 is 2.61 bits per heavy atom. The van der Waals surface area contributed by atoms with Gasteiger partial charge in [-0.15, -0.1) is 11.3 Å². The van der Waals surface area contributed by atoms with Gasteiger partial charge in [-0.05, 0) is 31.2 Å². The standard InChI is InChI=1S/C15H19NOS/c1-11(8-9-14-12(2)16-10-18-14)15(17)13-6-4-3-5-7-13/h3-7,10-11,15,17H,8-9H2,1-2H3. The monoisotopic (exact) mass is 261 g/mol. The van der Waals surface area contributed by atoms with Crippen LogP contribution >= 0.6 is 11.3 Å². The molecule has 1 aromatic carbocycles. The molecule has 2 atom stereocenters. The maximum absolute atomic E-state index is 10.3. The second-order valence-electron chi connectivity index (χ2n) is 4.73. The molecule has 0 saturated heterocycles. The topological polar surface area (TPSA) is 33.1 Å². The number of benzene rings is 1. The summed E-state index contributed by atoms with van der Waals surface area (Å²) in [6.07, 6.45) is 1.61. The largest absolute Gasteiger partial charge is 0.388 e. The lowest BCUT2D eigenvalue weighted by Crippen LogP contribution is -2.10. The van der Waals surface area contributed by atoms with E-state index in [0.29, 0.717) is 0 Å². The van der Waals surface area contributed by atoms with Gasteiger partial charge in [-0.25, -0.2) is 4.98 Å². The summed E-state index contributed by atoms with van der Waals surface area (Å²) in [6.45, 7) is 4.15. The second kappa shape index (κ2) is 6.12. The summed E-state index contributed by atoms with van der Waals surface area (Å²) in [4.78, 5) is 5.59. The van der Waals surface area contributed by atoms with Crippen LogP contribution in [0.2, 0.25) is 0 Å². The minimum atomic E-state index is -0.376. The normalized spacial score (nSPS) is 14.4. The third-order valence-electron chi connectivity index (χ3n) is 3.35. The smallest absolute Gasteiger partial charge is 0.0815 e. The van der Waals surface area contributed by atoms with Crippen LogP contribution in [0, 0.1) is 12.8 Å². The van der Waals surface area contributed by atoms with Gasteiger partial charge in [0.25, 0.3) is 0 Å². The summed E-state index contributed by atoms with van der Waals surface area (Å²) in [7, 11) is 0. The molecule has 2 unspecified atom stereocenters. The molecule has 0 saturated carbocycles. The van der Waals surface area contributed by atoms with Gasteiger partial charge in [0.05, 0.1) is 17.3 Å². The van der Waals surface area contributed by atoms with Crippen molar-refractivity contribution in [2.45, 2.75) is 32.8 Å². The first-order valence-electron chi connectivity index (χ1n) is 6.30. The highest BCUT2D eigenvalue weighted by molar-refractivity contribution is 7.09. The Bertz CT molecular complexity index is 480. The van der Waals surface area contributed by atoms with E-state index in [2.05, 4.69) is 11.9 Å². The van der Waals surface area contributed by atoms with Crippen LogP contribution in [0.15, 0.2) is 35.8 Å². The molecule has 2 aromatic rings. The quantitative estimate of drug-likeness (QED) is 0.889. The molecule has 2 rings (SSSR count). The molecule has 1 aromatic heterocycles. The first-order chi connectivity index (χ1) is 8.68. The number of rotatable bonds is 5. The first-order valence-corrected chi connectivity index (χ1v) is 7.18. The van der Waals surface area contributed by atoms with Crippen LogP contribution < -0.4 is 0 Å². The Kier molecular flexibility index (Phi) is 4.50. The van der Waals surface area contributed by atoms with Gasteiger partial charge in [0.2, 0.25) is 0 Å². The van der Waals surface area contributed by atoms with Crippen molar-refractivity contribution >= 4 is 11.3 Å². The SMILES string of the molecule is Cc1ncsc1CCC(C)C(O)c1ccccc1. The molecule has 0 spiro atoms. The lowest BCUT2D eigenvalue weighted by Gasteiger charge is -2.18. The van der Waals surface area contributed by atoms with E-state index in [1.165, 1.54) is 4.88 Å². The lowest BCUT2D eigenvalue weighted by atomic mass is 9.93. The molecule has 18 heavy (non-hydrogen) atoms. The minimum absolute atomic E-state index is 0.258. The molecule has 0 amide bonds. The highest BCUT2D eigenvalue weighted by atomic mass is 32.1. The van der Waals surface area contributed by atoms with Crippen LogP contribution in [-0.4, -0.2) is 10.1 Å². The fourth-order valence-corrected chi connectivity index (χ4v) is 2.86. The van der Waals surface area contributed by atoms with E-state index in [4.69, 9.17) is 0 Å². The Morgan fingerprint density at radius 1 is 1.28 bits per heavy atom. The van der Waals surface area contributed by atoms with Crippen molar-refractivity contribution in [1.82, 2.24) is 4.98 Å². The van der Waals surface area contributed by atoms with Crippen molar-refractivity contribution in [1.29, 1.82) is 0 Å². The lowest BCUT2D eigenvalue weighted by molar-refractivity contribution is 0.113. The van der Waals surface area contributed by atoms with Gasteiger partial charge in [-0.1, -0.05) is 37.3 Å². The van der Waals surface area contributed by atoms with E-state index < -0.39 is 0 Å². The van der Waals surface area contributed by atoms with E-state index in [1.807, 2.05) is 42.8 Å². The van der Waals surface area contributed by atoms with Crippen LogP contribution in [0.5, 0.6) is 0 Å². The van der Waals surface area contributed by atoms with E-state index in [9.17, 15) is 5.11 Å². The molecule has 0 radical (unpaired) electrons. The number of hydrogen-bond donors (Lipinski definition) is 1. The number of thiazole rings is 1. The molecule has 1 heterocycles. The zero-order chi connectivity index (χ0) is 13.0. The van der Waals surface area contributed by atoms with E-state index >= 15 is 0 Å². The Morgan fingerprint density at radius 2 is 2.00 bits per heavy atom. The Balaban J connectivity index is 1.92. The van der Waals surface area contributed by atoms with Crippen LogP contribution in [0.4, 0.5) is 0 Å².